The molecule has 132 valence electrons. The van der Waals surface area contributed by atoms with E-state index >= 15 is 0 Å². The molecule has 1 aliphatic heterocycles. The summed E-state index contributed by atoms with van der Waals surface area (Å²) >= 11 is 0. The molecule has 0 aromatic rings. The summed E-state index contributed by atoms with van der Waals surface area (Å²) in [6.07, 6.45) is 13.1. The van der Waals surface area contributed by atoms with Crippen LogP contribution < -0.4 is 11.1 Å². The number of aliphatic carboxylic acids is 1. The van der Waals surface area contributed by atoms with E-state index < -0.39 is 5.97 Å². The number of nitrogens with two attached hydrogens (primary N) is 1. The molecule has 1 saturated heterocycles. The molecule has 0 atom stereocenters. The molecule has 23 heavy (non-hydrogen) atoms. The van der Waals surface area contributed by atoms with Crippen LogP contribution in [0.15, 0.2) is 0 Å². The van der Waals surface area contributed by atoms with Gasteiger partial charge in [0.05, 0.1) is 6.42 Å². The Morgan fingerprint density at radius 2 is 1.61 bits per heavy atom. The van der Waals surface area contributed by atoms with Crippen molar-refractivity contribution in [1.29, 1.82) is 0 Å². The Morgan fingerprint density at radius 1 is 1.04 bits per heavy atom. The summed E-state index contributed by atoms with van der Waals surface area (Å²) in [4.78, 5) is 21.6. The van der Waals surface area contributed by atoms with E-state index in [4.69, 9.17) is 10.8 Å². The Labute approximate surface area is 139 Å². The minimum Gasteiger partial charge on any atom is -0.481 e. The number of rotatable bonds is 3. The van der Waals surface area contributed by atoms with Gasteiger partial charge in [0, 0.05) is 13.0 Å². The molecule has 2 aliphatic carbocycles. The van der Waals surface area contributed by atoms with E-state index in [0.717, 1.165) is 38.6 Å². The van der Waals surface area contributed by atoms with Crippen molar-refractivity contribution in [3.63, 3.8) is 0 Å². The van der Waals surface area contributed by atoms with Gasteiger partial charge in [0.2, 0.25) is 5.91 Å². The van der Waals surface area contributed by atoms with Crippen molar-refractivity contribution in [2.45, 2.75) is 77.0 Å². The van der Waals surface area contributed by atoms with Gasteiger partial charge in [-0.1, -0.05) is 38.5 Å². The Hall–Kier alpha value is -1.10. The number of carbonyl (C=O) groups excluding carboxylic acids is 1. The van der Waals surface area contributed by atoms with Gasteiger partial charge in [-0.25, -0.2) is 0 Å². The van der Waals surface area contributed by atoms with E-state index in [2.05, 4.69) is 5.32 Å². The first-order chi connectivity index (χ1) is 11.0. The third-order valence-corrected chi connectivity index (χ3v) is 5.98. The lowest BCUT2D eigenvalue weighted by Crippen LogP contribution is -2.34. The molecule has 3 rings (SSSR count). The van der Waals surface area contributed by atoms with Crippen molar-refractivity contribution in [3.05, 3.63) is 0 Å². The molecule has 1 heterocycles. The Balaban J connectivity index is 0.000000167. The second kappa shape index (κ2) is 8.13. The third-order valence-electron chi connectivity index (χ3n) is 5.98. The highest BCUT2D eigenvalue weighted by atomic mass is 16.4. The van der Waals surface area contributed by atoms with E-state index in [0.29, 0.717) is 12.0 Å². The first kappa shape index (κ1) is 18.2. The highest BCUT2D eigenvalue weighted by molar-refractivity contribution is 5.79. The number of carboxylic acid groups (broad SMARTS) is 1. The van der Waals surface area contributed by atoms with Crippen LogP contribution in [0.25, 0.3) is 0 Å². The molecule has 5 heteroatoms. The highest BCUT2D eigenvalue weighted by Crippen LogP contribution is 2.41. The fraction of sp³-hybridized carbons (Fsp3) is 0.889. The van der Waals surface area contributed by atoms with Crippen LogP contribution in [0.1, 0.15) is 77.0 Å². The predicted octanol–water partition coefficient (Wildman–Crippen LogP) is 2.83. The predicted molar refractivity (Wildman–Crippen MR) is 90.0 cm³/mol. The normalized spacial score (nSPS) is 25.3. The molecule has 0 aromatic carbocycles. The molecule has 1 spiro atoms. The Bertz CT molecular complexity index is 410. The summed E-state index contributed by atoms with van der Waals surface area (Å²) in [6.45, 7) is 1.48. The Morgan fingerprint density at radius 3 is 2.04 bits per heavy atom. The number of carboxylic acids is 1. The lowest BCUT2D eigenvalue weighted by Gasteiger charge is -2.34. The molecule has 1 amide bonds. The summed E-state index contributed by atoms with van der Waals surface area (Å²) in [5.41, 5.74) is 5.93. The average Bonchev–Trinajstić information content (AvgIpc) is 2.89. The first-order valence-corrected chi connectivity index (χ1v) is 9.18. The summed E-state index contributed by atoms with van der Waals surface area (Å²) < 4.78 is 0. The van der Waals surface area contributed by atoms with Crippen LogP contribution in [-0.2, 0) is 9.59 Å². The molecule has 0 radical (unpaired) electrons. The van der Waals surface area contributed by atoms with E-state index in [-0.39, 0.29) is 17.7 Å². The third kappa shape index (κ3) is 5.20. The molecule has 0 aromatic heterocycles. The number of hydrogen-bond donors (Lipinski definition) is 3. The van der Waals surface area contributed by atoms with E-state index in [1.165, 1.54) is 38.5 Å². The van der Waals surface area contributed by atoms with Crippen LogP contribution in [0.3, 0.4) is 0 Å². The topological polar surface area (TPSA) is 92.4 Å². The van der Waals surface area contributed by atoms with Crippen molar-refractivity contribution in [2.24, 2.45) is 16.6 Å². The monoisotopic (exact) mass is 324 g/mol. The summed E-state index contributed by atoms with van der Waals surface area (Å²) in [5.74, 6) is -0.436. The lowest BCUT2D eigenvalue weighted by molar-refractivity contribution is -0.140. The van der Waals surface area contributed by atoms with Gasteiger partial charge < -0.3 is 16.2 Å². The van der Waals surface area contributed by atoms with Gasteiger partial charge >= 0.3 is 5.97 Å². The maximum atomic E-state index is 11.0. The zero-order valence-electron chi connectivity index (χ0n) is 14.2. The summed E-state index contributed by atoms with van der Waals surface area (Å²) in [5, 5.41) is 11.6. The number of nitrogens with one attached hydrogen (secondary N) is 1. The standard InChI is InChI=1S/C9H17NO2.C9H15NO/c10-7-9(6-8(11)12)4-2-1-3-5-9;11-8-6-9(7-10-8)4-2-1-3-5-9/h1-7,10H2,(H,11,12);1-7H2,(H,10,11). The van der Waals surface area contributed by atoms with Crippen LogP contribution in [0.2, 0.25) is 0 Å². The van der Waals surface area contributed by atoms with Crippen molar-refractivity contribution < 1.29 is 14.7 Å². The van der Waals surface area contributed by atoms with Gasteiger partial charge in [0.15, 0.2) is 0 Å². The molecule has 0 unspecified atom stereocenters. The van der Waals surface area contributed by atoms with Crippen LogP contribution in [0, 0.1) is 10.8 Å². The number of carbonyl (C=O) groups is 2. The van der Waals surface area contributed by atoms with E-state index in [1.54, 1.807) is 0 Å². The van der Waals surface area contributed by atoms with E-state index in [1.807, 2.05) is 0 Å². The van der Waals surface area contributed by atoms with Crippen LogP contribution in [-0.4, -0.2) is 30.1 Å². The number of amides is 1. The quantitative estimate of drug-likeness (QED) is 0.744. The van der Waals surface area contributed by atoms with Crippen LogP contribution in [0.4, 0.5) is 0 Å². The fourth-order valence-corrected chi connectivity index (χ4v) is 4.48. The van der Waals surface area contributed by atoms with Gasteiger partial charge in [-0.15, -0.1) is 0 Å². The molecule has 2 saturated carbocycles. The fourth-order valence-electron chi connectivity index (χ4n) is 4.48. The van der Waals surface area contributed by atoms with E-state index in [9.17, 15) is 9.59 Å². The van der Waals surface area contributed by atoms with Gasteiger partial charge in [-0.3, -0.25) is 9.59 Å². The van der Waals surface area contributed by atoms with Crippen molar-refractivity contribution in [1.82, 2.24) is 5.32 Å². The molecule has 0 bridgehead atoms. The maximum absolute atomic E-state index is 11.0. The molecule has 3 fully saturated rings. The van der Waals surface area contributed by atoms with Gasteiger partial charge in [0.1, 0.15) is 0 Å². The average molecular weight is 324 g/mol. The first-order valence-electron chi connectivity index (χ1n) is 9.18. The van der Waals surface area contributed by atoms with Crippen molar-refractivity contribution in [3.8, 4) is 0 Å². The summed E-state index contributed by atoms with van der Waals surface area (Å²) in [6, 6.07) is 0. The van der Waals surface area contributed by atoms with Gasteiger partial charge in [-0.2, -0.15) is 0 Å². The maximum Gasteiger partial charge on any atom is 0.303 e. The minimum absolute atomic E-state index is 0.0793. The molecule has 4 N–H and O–H groups in total. The SMILES string of the molecule is NCC1(CC(=O)O)CCCCC1.O=C1CC2(CCCCC2)CN1. The Kier molecular flexibility index (Phi) is 6.45. The van der Waals surface area contributed by atoms with Gasteiger partial charge in [-0.05, 0) is 43.1 Å². The molecular weight excluding hydrogens is 292 g/mol. The minimum atomic E-state index is -0.706. The lowest BCUT2D eigenvalue weighted by atomic mass is 9.72. The van der Waals surface area contributed by atoms with Crippen LogP contribution >= 0.6 is 0 Å². The molecular formula is C18H32N2O3. The summed E-state index contributed by atoms with van der Waals surface area (Å²) in [7, 11) is 0. The zero-order valence-corrected chi connectivity index (χ0v) is 14.2. The molecule has 5 nitrogen and oxygen atoms in total. The van der Waals surface area contributed by atoms with Crippen molar-refractivity contribution in [2.75, 3.05) is 13.1 Å². The largest absolute Gasteiger partial charge is 0.481 e. The van der Waals surface area contributed by atoms with Crippen LogP contribution in [0.5, 0.6) is 0 Å². The van der Waals surface area contributed by atoms with Crippen molar-refractivity contribution >= 4 is 11.9 Å². The zero-order chi connectivity index (χ0) is 16.8. The van der Waals surface area contributed by atoms with Gasteiger partial charge in [0.25, 0.3) is 0 Å². The second-order valence-electron chi connectivity index (χ2n) is 7.85. The number of hydrogen-bond acceptors (Lipinski definition) is 3. The molecule has 3 aliphatic rings. The highest BCUT2D eigenvalue weighted by Gasteiger charge is 2.38. The second-order valence-corrected chi connectivity index (χ2v) is 7.85. The smallest absolute Gasteiger partial charge is 0.303 e.